The molecule has 0 aliphatic heterocycles. The standard InChI is InChI=1S/C17H20N4O4/c1-21(2)7-6-11-10-19-13-4-3-5-14(16(11)13)23-17(22)24-15-8-12(9-18)25-20-15/h3-5,8,10,19H,6-7,9,18H2,1-2H3. The number of nitrogens with two attached hydrogens (primary N) is 1. The molecule has 0 aliphatic carbocycles. The van der Waals surface area contributed by atoms with Crippen molar-refractivity contribution in [3.63, 3.8) is 0 Å². The lowest BCUT2D eigenvalue weighted by atomic mass is 10.1. The molecule has 25 heavy (non-hydrogen) atoms. The summed E-state index contributed by atoms with van der Waals surface area (Å²) >= 11 is 0. The SMILES string of the molecule is CN(C)CCc1c[nH]c2cccc(OC(=O)Oc3cc(CN)on3)c12. The van der Waals surface area contributed by atoms with Crippen molar-refractivity contribution in [1.82, 2.24) is 15.0 Å². The highest BCUT2D eigenvalue weighted by Gasteiger charge is 2.16. The molecule has 2 heterocycles. The molecule has 0 saturated heterocycles. The summed E-state index contributed by atoms with van der Waals surface area (Å²) in [6, 6.07) is 6.91. The van der Waals surface area contributed by atoms with Gasteiger partial charge in [0.1, 0.15) is 5.75 Å². The van der Waals surface area contributed by atoms with Crippen molar-refractivity contribution in [2.24, 2.45) is 5.73 Å². The number of nitrogens with zero attached hydrogens (tertiary/aromatic N) is 2. The molecule has 0 amide bonds. The molecular formula is C17H20N4O4. The van der Waals surface area contributed by atoms with E-state index < -0.39 is 6.16 Å². The van der Waals surface area contributed by atoms with Crippen LogP contribution in [0.5, 0.6) is 11.6 Å². The smallest absolute Gasteiger partial charge is 0.394 e. The van der Waals surface area contributed by atoms with Gasteiger partial charge in [-0.25, -0.2) is 4.79 Å². The second-order valence-corrected chi connectivity index (χ2v) is 5.84. The van der Waals surface area contributed by atoms with Crippen molar-refractivity contribution in [2.45, 2.75) is 13.0 Å². The van der Waals surface area contributed by atoms with Crippen LogP contribution in [0.4, 0.5) is 4.79 Å². The van der Waals surface area contributed by atoms with Gasteiger partial charge in [-0.05, 0) is 43.4 Å². The van der Waals surface area contributed by atoms with Gasteiger partial charge in [0.05, 0.1) is 6.54 Å². The average Bonchev–Trinajstić information content (AvgIpc) is 3.20. The van der Waals surface area contributed by atoms with Gasteiger partial charge >= 0.3 is 6.16 Å². The van der Waals surface area contributed by atoms with Gasteiger partial charge in [0.15, 0.2) is 5.76 Å². The van der Waals surface area contributed by atoms with E-state index in [4.69, 9.17) is 19.7 Å². The second kappa shape index (κ2) is 7.37. The number of rotatable bonds is 6. The summed E-state index contributed by atoms with van der Waals surface area (Å²) in [5.74, 6) is 0.862. The number of carbonyl (C=O) groups is 1. The van der Waals surface area contributed by atoms with Crippen LogP contribution < -0.4 is 15.2 Å². The van der Waals surface area contributed by atoms with Crippen molar-refractivity contribution in [2.75, 3.05) is 20.6 Å². The summed E-state index contributed by atoms with van der Waals surface area (Å²) in [5.41, 5.74) is 7.38. The Bertz CT molecular complexity index is 869. The van der Waals surface area contributed by atoms with Crippen LogP contribution in [0.15, 0.2) is 35.0 Å². The zero-order valence-electron chi connectivity index (χ0n) is 14.1. The maximum atomic E-state index is 12.0. The molecule has 2 aromatic heterocycles. The fraction of sp³-hybridized carbons (Fsp3) is 0.294. The molecule has 0 bridgehead atoms. The number of aromatic amines is 1. The van der Waals surface area contributed by atoms with E-state index in [0.717, 1.165) is 29.4 Å². The lowest BCUT2D eigenvalue weighted by Gasteiger charge is -2.10. The zero-order chi connectivity index (χ0) is 17.8. The molecule has 1 aromatic carbocycles. The highest BCUT2D eigenvalue weighted by atomic mass is 16.7. The van der Waals surface area contributed by atoms with E-state index in [2.05, 4.69) is 15.0 Å². The Morgan fingerprint density at radius 3 is 2.92 bits per heavy atom. The van der Waals surface area contributed by atoms with Gasteiger partial charge in [-0.2, -0.15) is 0 Å². The first-order valence-corrected chi connectivity index (χ1v) is 7.86. The topological polar surface area (TPSA) is 107 Å². The molecule has 3 N–H and O–H groups in total. The number of likely N-dealkylation sites (N-methyl/N-ethyl adjacent to an activating group) is 1. The van der Waals surface area contributed by atoms with Gasteiger partial charge in [0, 0.05) is 29.7 Å². The summed E-state index contributed by atoms with van der Waals surface area (Å²) in [6.07, 6.45) is 1.87. The van der Waals surface area contributed by atoms with Crippen molar-refractivity contribution in [3.8, 4) is 11.6 Å². The molecule has 0 saturated carbocycles. The van der Waals surface area contributed by atoms with Crippen molar-refractivity contribution in [1.29, 1.82) is 0 Å². The van der Waals surface area contributed by atoms with Gasteiger partial charge in [-0.15, -0.1) is 0 Å². The van der Waals surface area contributed by atoms with Crippen LogP contribution in [0.2, 0.25) is 0 Å². The third-order valence-electron chi connectivity index (χ3n) is 3.70. The van der Waals surface area contributed by atoms with E-state index in [9.17, 15) is 4.79 Å². The predicted octanol–water partition coefficient (Wildman–Crippen LogP) is 2.30. The predicted molar refractivity (Wildman–Crippen MR) is 91.6 cm³/mol. The number of fused-ring (bicyclic) bond motifs is 1. The van der Waals surface area contributed by atoms with E-state index in [1.54, 1.807) is 12.1 Å². The second-order valence-electron chi connectivity index (χ2n) is 5.84. The van der Waals surface area contributed by atoms with Crippen LogP contribution in [0.3, 0.4) is 0 Å². The number of hydrogen-bond acceptors (Lipinski definition) is 7. The van der Waals surface area contributed by atoms with Gasteiger partial charge in [-0.3, -0.25) is 0 Å². The van der Waals surface area contributed by atoms with E-state index in [1.165, 1.54) is 6.07 Å². The van der Waals surface area contributed by atoms with Crippen molar-refractivity contribution in [3.05, 3.63) is 41.8 Å². The average molecular weight is 344 g/mol. The first kappa shape index (κ1) is 17.0. The Balaban J connectivity index is 1.77. The number of benzene rings is 1. The number of ether oxygens (including phenoxy) is 2. The first-order chi connectivity index (χ1) is 12.1. The van der Waals surface area contributed by atoms with E-state index >= 15 is 0 Å². The molecule has 0 radical (unpaired) electrons. The molecule has 0 aliphatic rings. The number of nitrogens with one attached hydrogen (secondary N) is 1. The third-order valence-corrected chi connectivity index (χ3v) is 3.70. The Morgan fingerprint density at radius 1 is 1.36 bits per heavy atom. The minimum Gasteiger partial charge on any atom is -0.394 e. The molecule has 0 spiro atoms. The molecular weight excluding hydrogens is 324 g/mol. The summed E-state index contributed by atoms with van der Waals surface area (Å²) in [7, 11) is 4.02. The van der Waals surface area contributed by atoms with Crippen LogP contribution in [0.25, 0.3) is 10.9 Å². The first-order valence-electron chi connectivity index (χ1n) is 7.86. The lowest BCUT2D eigenvalue weighted by molar-refractivity contribution is 0.148. The van der Waals surface area contributed by atoms with Crippen LogP contribution in [-0.2, 0) is 13.0 Å². The van der Waals surface area contributed by atoms with Gasteiger partial charge in [0.25, 0.3) is 5.88 Å². The molecule has 8 heteroatoms. The monoisotopic (exact) mass is 344 g/mol. The summed E-state index contributed by atoms with van der Waals surface area (Å²) in [6.45, 7) is 1.05. The van der Waals surface area contributed by atoms with Gasteiger partial charge in [0.2, 0.25) is 0 Å². The Hall–Kier alpha value is -2.84. The number of aromatic nitrogens is 2. The summed E-state index contributed by atoms with van der Waals surface area (Å²) in [5, 5.41) is 4.46. The number of hydrogen-bond donors (Lipinski definition) is 2. The molecule has 8 nitrogen and oxygen atoms in total. The molecule has 0 fully saturated rings. The number of carbonyl (C=O) groups excluding carboxylic acids is 1. The Kier molecular flexibility index (Phi) is 5.01. The van der Waals surface area contributed by atoms with E-state index in [0.29, 0.717) is 11.5 Å². The van der Waals surface area contributed by atoms with Crippen LogP contribution in [-0.4, -0.2) is 41.8 Å². The third kappa shape index (κ3) is 3.98. The Morgan fingerprint density at radius 2 is 2.20 bits per heavy atom. The largest absolute Gasteiger partial charge is 0.520 e. The molecule has 0 atom stereocenters. The highest BCUT2D eigenvalue weighted by molar-refractivity contribution is 5.91. The van der Waals surface area contributed by atoms with Gasteiger partial charge < -0.3 is 29.6 Å². The fourth-order valence-electron chi connectivity index (χ4n) is 2.48. The normalized spacial score (nSPS) is 11.2. The zero-order valence-corrected chi connectivity index (χ0v) is 14.1. The van der Waals surface area contributed by atoms with Crippen LogP contribution in [0.1, 0.15) is 11.3 Å². The van der Waals surface area contributed by atoms with Gasteiger partial charge in [-0.1, -0.05) is 6.07 Å². The minimum absolute atomic E-state index is 0.0134. The van der Waals surface area contributed by atoms with E-state index in [1.807, 2.05) is 26.4 Å². The molecule has 3 rings (SSSR count). The molecule has 3 aromatic rings. The van der Waals surface area contributed by atoms with Crippen molar-refractivity contribution >= 4 is 17.1 Å². The fourth-order valence-corrected chi connectivity index (χ4v) is 2.48. The lowest BCUT2D eigenvalue weighted by Crippen LogP contribution is -2.15. The Labute approximate surface area is 144 Å². The van der Waals surface area contributed by atoms with E-state index in [-0.39, 0.29) is 12.4 Å². The quantitative estimate of drug-likeness (QED) is 0.522. The maximum Gasteiger partial charge on any atom is 0.520 e. The molecule has 0 unspecified atom stereocenters. The molecule has 132 valence electrons. The summed E-state index contributed by atoms with van der Waals surface area (Å²) < 4.78 is 15.3. The van der Waals surface area contributed by atoms with Crippen LogP contribution >= 0.6 is 0 Å². The van der Waals surface area contributed by atoms with Crippen LogP contribution in [0, 0.1) is 0 Å². The maximum absolute atomic E-state index is 12.0. The number of H-pyrrole nitrogens is 1. The summed E-state index contributed by atoms with van der Waals surface area (Å²) in [4.78, 5) is 17.3. The highest BCUT2D eigenvalue weighted by Crippen LogP contribution is 2.29. The minimum atomic E-state index is -0.885. The van der Waals surface area contributed by atoms with Crippen molar-refractivity contribution < 1.29 is 18.8 Å².